The van der Waals surface area contributed by atoms with Crippen molar-refractivity contribution in [3.05, 3.63) is 0 Å². The lowest BCUT2D eigenvalue weighted by Crippen LogP contribution is -2.32. The number of ether oxygens (including phenoxy) is 1. The lowest BCUT2D eigenvalue weighted by atomic mass is 9.85. The summed E-state index contributed by atoms with van der Waals surface area (Å²) in [5, 5.41) is 3.46. The maximum Gasteiger partial charge on any atom is 0.0708 e. The predicted octanol–water partition coefficient (Wildman–Crippen LogP) is 1.10. The van der Waals surface area contributed by atoms with Crippen molar-refractivity contribution < 1.29 is 4.74 Å². The molecule has 0 aromatic heterocycles. The summed E-state index contributed by atoms with van der Waals surface area (Å²) in [7, 11) is 0. The van der Waals surface area contributed by atoms with Crippen molar-refractivity contribution >= 4 is 0 Å². The highest BCUT2D eigenvalue weighted by atomic mass is 16.5. The second-order valence-electron chi connectivity index (χ2n) is 5.05. The molecule has 0 radical (unpaired) electrons. The van der Waals surface area contributed by atoms with Crippen LogP contribution in [0.3, 0.4) is 0 Å². The van der Waals surface area contributed by atoms with E-state index in [2.05, 4.69) is 24.1 Å². The molecule has 15 heavy (non-hydrogen) atoms. The highest BCUT2D eigenvalue weighted by molar-refractivity contribution is 4.94. The largest absolute Gasteiger partial charge is 0.376 e. The first kappa shape index (κ1) is 11.4. The molecule has 2 saturated heterocycles. The fourth-order valence-corrected chi connectivity index (χ4v) is 2.88. The lowest BCUT2D eigenvalue weighted by molar-refractivity contribution is 0.0693. The Labute approximate surface area is 93.2 Å². The fourth-order valence-electron chi connectivity index (χ4n) is 2.88. The third-order valence-electron chi connectivity index (χ3n) is 3.97. The third-order valence-corrected chi connectivity index (χ3v) is 3.97. The van der Waals surface area contributed by atoms with E-state index in [9.17, 15) is 0 Å². The molecule has 2 rings (SSSR count). The molecule has 2 heterocycles. The zero-order chi connectivity index (χ0) is 10.7. The van der Waals surface area contributed by atoms with Gasteiger partial charge in [0.05, 0.1) is 12.7 Å². The van der Waals surface area contributed by atoms with Crippen molar-refractivity contribution in [1.82, 2.24) is 10.2 Å². The van der Waals surface area contributed by atoms with Gasteiger partial charge in [-0.3, -0.25) is 0 Å². The van der Waals surface area contributed by atoms with Gasteiger partial charge in [0, 0.05) is 18.5 Å². The van der Waals surface area contributed by atoms with Gasteiger partial charge in [-0.15, -0.1) is 0 Å². The van der Waals surface area contributed by atoms with E-state index in [1.807, 2.05) is 0 Å². The zero-order valence-electron chi connectivity index (χ0n) is 10.1. The molecule has 88 valence electrons. The average Bonchev–Trinajstić information content (AvgIpc) is 2.87. The fraction of sp³-hybridized carbons (Fsp3) is 1.00. The van der Waals surface area contributed by atoms with Gasteiger partial charge in [-0.25, -0.2) is 0 Å². The van der Waals surface area contributed by atoms with Gasteiger partial charge in [-0.2, -0.15) is 0 Å². The SMILES string of the molecule is CCN(CC)CC1CC2(CCNC2)CO1. The van der Waals surface area contributed by atoms with Gasteiger partial charge in [-0.05, 0) is 32.5 Å². The summed E-state index contributed by atoms with van der Waals surface area (Å²) in [6, 6.07) is 0. The van der Waals surface area contributed by atoms with Crippen LogP contribution in [0.25, 0.3) is 0 Å². The topological polar surface area (TPSA) is 24.5 Å². The second-order valence-corrected chi connectivity index (χ2v) is 5.05. The van der Waals surface area contributed by atoms with Crippen LogP contribution in [-0.2, 0) is 4.74 Å². The summed E-state index contributed by atoms with van der Waals surface area (Å²) in [5.41, 5.74) is 0.484. The molecule has 0 saturated carbocycles. The standard InChI is InChI=1S/C12H24N2O/c1-3-14(4-2)8-11-7-12(10-15-11)5-6-13-9-12/h11,13H,3-10H2,1-2H3. The number of nitrogens with zero attached hydrogens (tertiary/aromatic N) is 1. The molecule has 3 nitrogen and oxygen atoms in total. The maximum absolute atomic E-state index is 5.94. The normalized spacial score (nSPS) is 35.8. The van der Waals surface area contributed by atoms with Crippen LogP contribution in [0.1, 0.15) is 26.7 Å². The Hall–Kier alpha value is -0.120. The van der Waals surface area contributed by atoms with Crippen molar-refractivity contribution in [2.75, 3.05) is 39.3 Å². The van der Waals surface area contributed by atoms with Gasteiger partial charge >= 0.3 is 0 Å². The van der Waals surface area contributed by atoms with Crippen LogP contribution in [0.15, 0.2) is 0 Å². The number of hydrogen-bond donors (Lipinski definition) is 1. The van der Waals surface area contributed by atoms with Gasteiger partial charge in [0.15, 0.2) is 0 Å². The van der Waals surface area contributed by atoms with Gasteiger partial charge in [0.25, 0.3) is 0 Å². The minimum absolute atomic E-state index is 0.477. The molecule has 1 spiro atoms. The quantitative estimate of drug-likeness (QED) is 0.755. The van der Waals surface area contributed by atoms with Crippen molar-refractivity contribution in [3.63, 3.8) is 0 Å². The van der Waals surface area contributed by atoms with Crippen LogP contribution in [0.2, 0.25) is 0 Å². The Morgan fingerprint density at radius 2 is 2.20 bits per heavy atom. The van der Waals surface area contributed by atoms with E-state index in [4.69, 9.17) is 4.74 Å². The van der Waals surface area contributed by atoms with Gasteiger partial charge in [0.1, 0.15) is 0 Å². The highest BCUT2D eigenvalue weighted by Crippen LogP contribution is 2.37. The first-order valence-corrected chi connectivity index (χ1v) is 6.33. The Balaban J connectivity index is 1.81. The molecule has 2 atom stereocenters. The van der Waals surface area contributed by atoms with E-state index in [0.29, 0.717) is 11.5 Å². The zero-order valence-corrected chi connectivity index (χ0v) is 10.1. The van der Waals surface area contributed by atoms with E-state index in [-0.39, 0.29) is 0 Å². The molecule has 0 bridgehead atoms. The van der Waals surface area contributed by atoms with E-state index in [1.165, 1.54) is 25.9 Å². The minimum Gasteiger partial charge on any atom is -0.376 e. The molecule has 2 aliphatic heterocycles. The molecular weight excluding hydrogens is 188 g/mol. The molecular formula is C12H24N2O. The van der Waals surface area contributed by atoms with Crippen molar-refractivity contribution in [3.8, 4) is 0 Å². The Morgan fingerprint density at radius 3 is 2.80 bits per heavy atom. The highest BCUT2D eigenvalue weighted by Gasteiger charge is 2.42. The Bertz CT molecular complexity index is 198. The maximum atomic E-state index is 5.94. The monoisotopic (exact) mass is 212 g/mol. The van der Waals surface area contributed by atoms with Gasteiger partial charge in [-0.1, -0.05) is 13.8 Å². The second kappa shape index (κ2) is 4.81. The molecule has 2 unspecified atom stereocenters. The molecule has 0 aromatic carbocycles. The minimum atomic E-state index is 0.477. The lowest BCUT2D eigenvalue weighted by Gasteiger charge is -2.23. The number of rotatable bonds is 4. The molecule has 3 heteroatoms. The van der Waals surface area contributed by atoms with E-state index < -0.39 is 0 Å². The average molecular weight is 212 g/mol. The summed E-state index contributed by atoms with van der Waals surface area (Å²) >= 11 is 0. The Morgan fingerprint density at radius 1 is 1.40 bits per heavy atom. The van der Waals surface area contributed by atoms with Crippen molar-refractivity contribution in [2.45, 2.75) is 32.8 Å². The van der Waals surface area contributed by atoms with E-state index in [1.54, 1.807) is 0 Å². The summed E-state index contributed by atoms with van der Waals surface area (Å²) in [5.74, 6) is 0. The van der Waals surface area contributed by atoms with Crippen LogP contribution in [-0.4, -0.2) is 50.3 Å². The predicted molar refractivity (Wildman–Crippen MR) is 62.1 cm³/mol. The first-order chi connectivity index (χ1) is 7.28. The third kappa shape index (κ3) is 2.52. The smallest absolute Gasteiger partial charge is 0.0708 e. The number of likely N-dealkylation sites (N-methyl/N-ethyl adjacent to an activating group) is 1. The van der Waals surface area contributed by atoms with Gasteiger partial charge in [0.2, 0.25) is 0 Å². The summed E-state index contributed by atoms with van der Waals surface area (Å²) in [4.78, 5) is 2.46. The summed E-state index contributed by atoms with van der Waals surface area (Å²) in [6.07, 6.45) is 3.04. The number of nitrogens with one attached hydrogen (secondary N) is 1. The summed E-state index contributed by atoms with van der Waals surface area (Å²) in [6.45, 7) is 11.2. The van der Waals surface area contributed by atoms with Crippen molar-refractivity contribution in [1.29, 1.82) is 0 Å². The molecule has 1 N–H and O–H groups in total. The van der Waals surface area contributed by atoms with Crippen LogP contribution in [0, 0.1) is 5.41 Å². The molecule has 0 aliphatic carbocycles. The first-order valence-electron chi connectivity index (χ1n) is 6.33. The Kier molecular flexibility index (Phi) is 3.65. The molecule has 0 aromatic rings. The van der Waals surface area contributed by atoms with Gasteiger partial charge < -0.3 is 15.0 Å². The van der Waals surface area contributed by atoms with Crippen molar-refractivity contribution in [2.24, 2.45) is 5.41 Å². The van der Waals surface area contributed by atoms with Crippen LogP contribution >= 0.6 is 0 Å². The summed E-state index contributed by atoms with van der Waals surface area (Å²) < 4.78 is 5.94. The van der Waals surface area contributed by atoms with Crippen LogP contribution in [0.5, 0.6) is 0 Å². The van der Waals surface area contributed by atoms with E-state index >= 15 is 0 Å². The molecule has 2 fully saturated rings. The number of hydrogen-bond acceptors (Lipinski definition) is 3. The van der Waals surface area contributed by atoms with Crippen LogP contribution < -0.4 is 5.32 Å². The molecule has 0 amide bonds. The van der Waals surface area contributed by atoms with E-state index in [0.717, 1.165) is 26.2 Å². The molecule has 2 aliphatic rings. The van der Waals surface area contributed by atoms with Crippen LogP contribution in [0.4, 0.5) is 0 Å².